The summed E-state index contributed by atoms with van der Waals surface area (Å²) >= 11 is 0. The molecule has 0 saturated heterocycles. The van der Waals surface area contributed by atoms with Crippen LogP contribution in [-0.4, -0.2) is 12.6 Å². The third kappa shape index (κ3) is 4.35. The summed E-state index contributed by atoms with van der Waals surface area (Å²) in [7, 11) is 0. The van der Waals surface area contributed by atoms with Gasteiger partial charge in [-0.15, -0.1) is 6.58 Å². The number of hydrogen-bond donors (Lipinski definition) is 1. The largest absolute Gasteiger partial charge is 0.313 e. The van der Waals surface area contributed by atoms with Gasteiger partial charge in [-0.05, 0) is 37.8 Å². The van der Waals surface area contributed by atoms with Gasteiger partial charge in [-0.3, -0.25) is 0 Å². The van der Waals surface area contributed by atoms with Crippen molar-refractivity contribution < 1.29 is 0 Å². The molecule has 0 heterocycles. The SMILES string of the molecule is C=C(C)CC(NCC)C(CC)c1ccccc1. The van der Waals surface area contributed by atoms with E-state index in [0.29, 0.717) is 12.0 Å². The lowest BCUT2D eigenvalue weighted by Crippen LogP contribution is -2.34. The zero-order valence-electron chi connectivity index (χ0n) is 11.4. The van der Waals surface area contributed by atoms with E-state index in [4.69, 9.17) is 0 Å². The number of hydrogen-bond acceptors (Lipinski definition) is 1. The zero-order chi connectivity index (χ0) is 12.7. The lowest BCUT2D eigenvalue weighted by atomic mass is 9.86. The summed E-state index contributed by atoms with van der Waals surface area (Å²) in [6.07, 6.45) is 2.22. The maximum absolute atomic E-state index is 4.05. The van der Waals surface area contributed by atoms with Gasteiger partial charge in [0.25, 0.3) is 0 Å². The number of likely N-dealkylation sites (N-methyl/N-ethyl adjacent to an activating group) is 1. The number of rotatable bonds is 7. The van der Waals surface area contributed by atoms with Gasteiger partial charge in [-0.2, -0.15) is 0 Å². The van der Waals surface area contributed by atoms with Crippen molar-refractivity contribution in [3.05, 3.63) is 48.0 Å². The first-order valence-electron chi connectivity index (χ1n) is 6.61. The van der Waals surface area contributed by atoms with Crippen LogP contribution in [0.25, 0.3) is 0 Å². The maximum atomic E-state index is 4.05. The molecule has 0 aliphatic heterocycles. The van der Waals surface area contributed by atoms with E-state index in [1.54, 1.807) is 0 Å². The first kappa shape index (κ1) is 14.0. The topological polar surface area (TPSA) is 12.0 Å². The molecule has 2 atom stereocenters. The van der Waals surface area contributed by atoms with Gasteiger partial charge in [0.2, 0.25) is 0 Å². The quantitative estimate of drug-likeness (QED) is 0.696. The molecule has 0 fully saturated rings. The van der Waals surface area contributed by atoms with E-state index >= 15 is 0 Å². The molecule has 94 valence electrons. The third-order valence-corrected chi connectivity index (χ3v) is 3.19. The van der Waals surface area contributed by atoms with E-state index in [1.807, 2.05) is 0 Å². The van der Waals surface area contributed by atoms with E-state index in [9.17, 15) is 0 Å². The Hall–Kier alpha value is -1.08. The predicted molar refractivity (Wildman–Crippen MR) is 76.4 cm³/mol. The van der Waals surface area contributed by atoms with Crippen LogP contribution < -0.4 is 5.32 Å². The van der Waals surface area contributed by atoms with E-state index in [1.165, 1.54) is 11.1 Å². The normalized spacial score (nSPS) is 14.3. The summed E-state index contributed by atoms with van der Waals surface area (Å²) < 4.78 is 0. The van der Waals surface area contributed by atoms with Gasteiger partial charge < -0.3 is 5.32 Å². The first-order valence-corrected chi connectivity index (χ1v) is 6.61. The average Bonchev–Trinajstić information content (AvgIpc) is 2.31. The van der Waals surface area contributed by atoms with Crippen LogP contribution in [0.2, 0.25) is 0 Å². The molecule has 0 spiro atoms. The molecule has 0 saturated carbocycles. The van der Waals surface area contributed by atoms with Crippen LogP contribution in [0.15, 0.2) is 42.5 Å². The monoisotopic (exact) mass is 231 g/mol. The van der Waals surface area contributed by atoms with Crippen molar-refractivity contribution in [2.45, 2.75) is 45.6 Å². The molecule has 0 bridgehead atoms. The smallest absolute Gasteiger partial charge is 0.0172 e. The van der Waals surface area contributed by atoms with Gasteiger partial charge in [-0.25, -0.2) is 0 Å². The van der Waals surface area contributed by atoms with Crippen molar-refractivity contribution in [2.24, 2.45) is 0 Å². The highest BCUT2D eigenvalue weighted by molar-refractivity contribution is 5.22. The minimum Gasteiger partial charge on any atom is -0.313 e. The maximum Gasteiger partial charge on any atom is 0.0172 e. The molecule has 0 aromatic heterocycles. The van der Waals surface area contributed by atoms with E-state index in [-0.39, 0.29) is 0 Å². The molecular weight excluding hydrogens is 206 g/mol. The molecule has 0 aliphatic carbocycles. The molecular formula is C16H25N. The molecule has 17 heavy (non-hydrogen) atoms. The Morgan fingerprint density at radius 3 is 2.35 bits per heavy atom. The number of benzene rings is 1. The van der Waals surface area contributed by atoms with Crippen LogP contribution in [0.1, 0.15) is 45.1 Å². The molecule has 1 rings (SSSR count). The van der Waals surface area contributed by atoms with Crippen molar-refractivity contribution >= 4 is 0 Å². The van der Waals surface area contributed by atoms with Gasteiger partial charge in [0.1, 0.15) is 0 Å². The molecule has 1 aromatic rings. The van der Waals surface area contributed by atoms with Crippen LogP contribution in [-0.2, 0) is 0 Å². The van der Waals surface area contributed by atoms with Crippen LogP contribution >= 0.6 is 0 Å². The van der Waals surface area contributed by atoms with Crippen molar-refractivity contribution in [3.8, 4) is 0 Å². The first-order chi connectivity index (χ1) is 8.19. The van der Waals surface area contributed by atoms with Crippen molar-refractivity contribution in [1.82, 2.24) is 5.32 Å². The minimum atomic E-state index is 0.505. The highest BCUT2D eigenvalue weighted by atomic mass is 14.9. The molecule has 0 amide bonds. The molecule has 1 nitrogen and oxygen atoms in total. The summed E-state index contributed by atoms with van der Waals surface area (Å²) in [6.45, 7) is 11.6. The number of nitrogens with one attached hydrogen (secondary N) is 1. The van der Waals surface area contributed by atoms with Crippen molar-refractivity contribution in [2.75, 3.05) is 6.54 Å². The fraction of sp³-hybridized carbons (Fsp3) is 0.500. The minimum absolute atomic E-state index is 0.505. The van der Waals surface area contributed by atoms with Crippen LogP contribution in [0, 0.1) is 0 Å². The lowest BCUT2D eigenvalue weighted by Gasteiger charge is -2.27. The van der Waals surface area contributed by atoms with E-state index in [0.717, 1.165) is 19.4 Å². The van der Waals surface area contributed by atoms with Crippen LogP contribution in [0.5, 0.6) is 0 Å². The molecule has 1 heteroatoms. The highest BCUT2D eigenvalue weighted by Gasteiger charge is 2.20. The van der Waals surface area contributed by atoms with Crippen molar-refractivity contribution in [1.29, 1.82) is 0 Å². The predicted octanol–water partition coefficient (Wildman–Crippen LogP) is 4.12. The fourth-order valence-corrected chi connectivity index (χ4v) is 2.45. The Morgan fingerprint density at radius 2 is 1.88 bits per heavy atom. The Bertz CT molecular complexity index is 329. The molecule has 1 aromatic carbocycles. The summed E-state index contributed by atoms with van der Waals surface area (Å²) in [5, 5.41) is 3.60. The summed E-state index contributed by atoms with van der Waals surface area (Å²) in [5.41, 5.74) is 2.69. The summed E-state index contributed by atoms with van der Waals surface area (Å²) in [6, 6.07) is 11.3. The van der Waals surface area contributed by atoms with Gasteiger partial charge in [0, 0.05) is 6.04 Å². The second kappa shape index (κ2) is 7.29. The Morgan fingerprint density at radius 1 is 1.24 bits per heavy atom. The molecule has 1 N–H and O–H groups in total. The summed E-state index contributed by atoms with van der Waals surface area (Å²) in [5.74, 6) is 0.577. The molecule has 0 radical (unpaired) electrons. The second-order valence-corrected chi connectivity index (χ2v) is 4.75. The lowest BCUT2D eigenvalue weighted by molar-refractivity contribution is 0.427. The standard InChI is InChI=1S/C16H25N/c1-5-15(14-10-8-7-9-11-14)16(17-6-2)12-13(3)4/h7-11,15-17H,3,5-6,12H2,1-2,4H3. The Balaban J connectivity index is 2.84. The zero-order valence-corrected chi connectivity index (χ0v) is 11.4. The van der Waals surface area contributed by atoms with Gasteiger partial charge in [0.15, 0.2) is 0 Å². The van der Waals surface area contributed by atoms with E-state index < -0.39 is 0 Å². The van der Waals surface area contributed by atoms with Crippen LogP contribution in [0.3, 0.4) is 0 Å². The fourth-order valence-electron chi connectivity index (χ4n) is 2.45. The highest BCUT2D eigenvalue weighted by Crippen LogP contribution is 2.26. The molecule has 0 aliphatic rings. The second-order valence-electron chi connectivity index (χ2n) is 4.75. The molecule has 2 unspecified atom stereocenters. The van der Waals surface area contributed by atoms with Gasteiger partial charge in [0.05, 0.1) is 0 Å². The van der Waals surface area contributed by atoms with E-state index in [2.05, 4.69) is 63.0 Å². The summed E-state index contributed by atoms with van der Waals surface area (Å²) in [4.78, 5) is 0. The Kier molecular flexibility index (Phi) is 5.99. The van der Waals surface area contributed by atoms with Crippen molar-refractivity contribution in [3.63, 3.8) is 0 Å². The Labute approximate surface area is 106 Å². The third-order valence-electron chi connectivity index (χ3n) is 3.19. The van der Waals surface area contributed by atoms with Gasteiger partial charge in [-0.1, -0.05) is 49.8 Å². The van der Waals surface area contributed by atoms with Crippen LogP contribution in [0.4, 0.5) is 0 Å². The van der Waals surface area contributed by atoms with Gasteiger partial charge >= 0.3 is 0 Å². The average molecular weight is 231 g/mol.